The van der Waals surface area contributed by atoms with Crippen LogP contribution in [0.2, 0.25) is 0 Å². The Bertz CT molecular complexity index is 650. The first-order valence-corrected chi connectivity index (χ1v) is 9.12. The molecular formula is C18H27N5. The Balaban J connectivity index is 1.61. The van der Waals surface area contributed by atoms with Crippen molar-refractivity contribution in [3.05, 3.63) is 24.2 Å². The van der Waals surface area contributed by atoms with Crippen LogP contribution < -0.4 is 5.32 Å². The van der Waals surface area contributed by atoms with Crippen molar-refractivity contribution in [2.75, 3.05) is 26.2 Å². The summed E-state index contributed by atoms with van der Waals surface area (Å²) in [4.78, 5) is 12.1. The second-order valence-electron chi connectivity index (χ2n) is 6.95. The van der Waals surface area contributed by atoms with Gasteiger partial charge in [0, 0.05) is 12.7 Å². The molecule has 0 bridgehead atoms. The highest BCUT2D eigenvalue weighted by atomic mass is 15.2. The first kappa shape index (κ1) is 15.1. The maximum absolute atomic E-state index is 4.92. The van der Waals surface area contributed by atoms with E-state index in [2.05, 4.69) is 32.8 Å². The summed E-state index contributed by atoms with van der Waals surface area (Å²) < 4.78 is 2.41. The summed E-state index contributed by atoms with van der Waals surface area (Å²) in [6.07, 6.45) is 6.91. The van der Waals surface area contributed by atoms with Crippen LogP contribution in [0.15, 0.2) is 18.3 Å². The molecule has 0 spiro atoms. The lowest BCUT2D eigenvalue weighted by Crippen LogP contribution is -2.35. The molecule has 1 N–H and O–H groups in total. The highest BCUT2D eigenvalue weighted by Gasteiger charge is 2.26. The van der Waals surface area contributed by atoms with Gasteiger partial charge in [-0.3, -0.25) is 0 Å². The van der Waals surface area contributed by atoms with E-state index < -0.39 is 0 Å². The highest BCUT2D eigenvalue weighted by Crippen LogP contribution is 2.28. The summed E-state index contributed by atoms with van der Waals surface area (Å²) in [7, 11) is 0. The van der Waals surface area contributed by atoms with E-state index in [1.807, 2.05) is 12.3 Å². The third kappa shape index (κ3) is 3.00. The van der Waals surface area contributed by atoms with Crippen LogP contribution in [0.4, 0.5) is 0 Å². The lowest BCUT2D eigenvalue weighted by molar-refractivity contribution is 0.180. The zero-order valence-corrected chi connectivity index (χ0v) is 14.0. The van der Waals surface area contributed by atoms with E-state index in [0.717, 1.165) is 30.2 Å². The minimum absolute atomic E-state index is 0.403. The minimum atomic E-state index is 0.403. The van der Waals surface area contributed by atoms with Gasteiger partial charge < -0.3 is 14.8 Å². The quantitative estimate of drug-likeness (QED) is 0.942. The van der Waals surface area contributed by atoms with Crippen molar-refractivity contribution in [3.63, 3.8) is 0 Å². The standard InChI is InChI=1S/C18H27N5/c1-2-22-11-7-14(8-12-22)13-23-17-16(6-4-10-20-17)21-18(23)15-5-3-9-19-15/h4,6,10,14-15,19H,2-3,5,7-9,11-13H2,1H3. The fourth-order valence-corrected chi connectivity index (χ4v) is 4.07. The first-order chi connectivity index (χ1) is 11.3. The van der Waals surface area contributed by atoms with Crippen LogP contribution in [0.5, 0.6) is 0 Å². The van der Waals surface area contributed by atoms with E-state index in [1.54, 1.807) is 0 Å². The molecule has 2 saturated heterocycles. The van der Waals surface area contributed by atoms with Gasteiger partial charge in [0.15, 0.2) is 5.65 Å². The Morgan fingerprint density at radius 1 is 1.26 bits per heavy atom. The van der Waals surface area contributed by atoms with Crippen molar-refractivity contribution in [1.29, 1.82) is 0 Å². The van der Waals surface area contributed by atoms with E-state index in [9.17, 15) is 0 Å². The summed E-state index contributed by atoms with van der Waals surface area (Å²) in [6.45, 7) is 8.09. The van der Waals surface area contributed by atoms with Gasteiger partial charge in [-0.05, 0) is 69.9 Å². The van der Waals surface area contributed by atoms with E-state index in [4.69, 9.17) is 4.98 Å². The van der Waals surface area contributed by atoms with Crippen molar-refractivity contribution in [1.82, 2.24) is 24.8 Å². The second-order valence-corrected chi connectivity index (χ2v) is 6.95. The molecular weight excluding hydrogens is 286 g/mol. The fourth-order valence-electron chi connectivity index (χ4n) is 4.07. The predicted molar refractivity (Wildman–Crippen MR) is 92.3 cm³/mol. The number of hydrogen-bond acceptors (Lipinski definition) is 4. The Morgan fingerprint density at radius 3 is 2.87 bits per heavy atom. The molecule has 0 amide bonds. The number of aromatic nitrogens is 3. The third-order valence-electron chi connectivity index (χ3n) is 5.50. The average molecular weight is 313 g/mol. The molecule has 2 aromatic heterocycles. The van der Waals surface area contributed by atoms with Crippen LogP contribution in [-0.4, -0.2) is 45.6 Å². The van der Waals surface area contributed by atoms with Gasteiger partial charge in [0.25, 0.3) is 0 Å². The van der Waals surface area contributed by atoms with Gasteiger partial charge in [-0.15, -0.1) is 0 Å². The van der Waals surface area contributed by atoms with Crippen LogP contribution in [0, 0.1) is 5.92 Å². The number of nitrogens with one attached hydrogen (secondary N) is 1. The van der Waals surface area contributed by atoms with Crippen LogP contribution in [0.3, 0.4) is 0 Å². The molecule has 5 nitrogen and oxygen atoms in total. The number of likely N-dealkylation sites (tertiary alicyclic amines) is 1. The average Bonchev–Trinajstić information content (AvgIpc) is 3.24. The van der Waals surface area contributed by atoms with Gasteiger partial charge >= 0.3 is 0 Å². The number of piperidine rings is 1. The fraction of sp³-hybridized carbons (Fsp3) is 0.667. The number of hydrogen-bond donors (Lipinski definition) is 1. The number of fused-ring (bicyclic) bond motifs is 1. The predicted octanol–water partition coefficient (Wildman–Crippen LogP) is 2.59. The minimum Gasteiger partial charge on any atom is -0.311 e. The molecule has 1 atom stereocenters. The molecule has 2 fully saturated rings. The smallest absolute Gasteiger partial charge is 0.160 e. The molecule has 2 aliphatic rings. The largest absolute Gasteiger partial charge is 0.311 e. The van der Waals surface area contributed by atoms with Crippen LogP contribution in [0.25, 0.3) is 11.2 Å². The van der Waals surface area contributed by atoms with E-state index >= 15 is 0 Å². The summed E-state index contributed by atoms with van der Waals surface area (Å²) in [6, 6.07) is 4.49. The molecule has 0 radical (unpaired) electrons. The van der Waals surface area contributed by atoms with Gasteiger partial charge in [-0.1, -0.05) is 6.92 Å². The normalized spacial score (nSPS) is 23.8. The summed E-state index contributed by atoms with van der Waals surface area (Å²) in [5, 5.41) is 3.61. The molecule has 0 aliphatic carbocycles. The molecule has 0 aromatic carbocycles. The summed E-state index contributed by atoms with van der Waals surface area (Å²) in [5.74, 6) is 1.95. The van der Waals surface area contributed by atoms with E-state index in [0.29, 0.717) is 6.04 Å². The second kappa shape index (κ2) is 6.57. The zero-order valence-electron chi connectivity index (χ0n) is 14.0. The SMILES string of the molecule is CCN1CCC(Cn2c(C3CCCN3)nc3cccnc32)CC1. The number of rotatable bonds is 4. The molecule has 124 valence electrons. The zero-order chi connectivity index (χ0) is 15.6. The van der Waals surface area contributed by atoms with Crippen molar-refractivity contribution in [2.45, 2.75) is 45.2 Å². The molecule has 5 heteroatoms. The third-order valence-corrected chi connectivity index (χ3v) is 5.50. The van der Waals surface area contributed by atoms with Crippen LogP contribution >= 0.6 is 0 Å². The van der Waals surface area contributed by atoms with Gasteiger partial charge in [0.2, 0.25) is 0 Å². The summed E-state index contributed by atoms with van der Waals surface area (Å²) >= 11 is 0. The van der Waals surface area contributed by atoms with Crippen molar-refractivity contribution in [2.24, 2.45) is 5.92 Å². The van der Waals surface area contributed by atoms with Crippen LogP contribution in [-0.2, 0) is 6.54 Å². The maximum Gasteiger partial charge on any atom is 0.160 e. The van der Waals surface area contributed by atoms with Gasteiger partial charge in [0.1, 0.15) is 11.3 Å². The van der Waals surface area contributed by atoms with Crippen molar-refractivity contribution < 1.29 is 0 Å². The summed E-state index contributed by atoms with van der Waals surface area (Å²) in [5.41, 5.74) is 2.11. The van der Waals surface area contributed by atoms with E-state index in [1.165, 1.54) is 51.1 Å². The number of imidazole rings is 1. The molecule has 0 saturated carbocycles. The molecule has 4 rings (SSSR count). The number of pyridine rings is 1. The van der Waals surface area contributed by atoms with Crippen molar-refractivity contribution in [3.8, 4) is 0 Å². The molecule has 2 aliphatic heterocycles. The van der Waals surface area contributed by atoms with Crippen LogP contribution in [0.1, 0.15) is 44.5 Å². The van der Waals surface area contributed by atoms with Gasteiger partial charge in [0.05, 0.1) is 6.04 Å². The Morgan fingerprint density at radius 2 is 2.13 bits per heavy atom. The Hall–Kier alpha value is -1.46. The number of nitrogens with zero attached hydrogens (tertiary/aromatic N) is 4. The monoisotopic (exact) mass is 313 g/mol. The molecule has 2 aromatic rings. The van der Waals surface area contributed by atoms with Gasteiger partial charge in [-0.25, -0.2) is 9.97 Å². The highest BCUT2D eigenvalue weighted by molar-refractivity contribution is 5.71. The lowest BCUT2D eigenvalue weighted by Gasteiger charge is -2.31. The Labute approximate surface area is 138 Å². The molecule has 1 unspecified atom stereocenters. The molecule has 4 heterocycles. The maximum atomic E-state index is 4.92. The molecule has 23 heavy (non-hydrogen) atoms. The van der Waals surface area contributed by atoms with Gasteiger partial charge in [-0.2, -0.15) is 0 Å². The Kier molecular flexibility index (Phi) is 4.31. The lowest BCUT2D eigenvalue weighted by atomic mass is 9.96. The van der Waals surface area contributed by atoms with E-state index in [-0.39, 0.29) is 0 Å². The van der Waals surface area contributed by atoms with Crippen molar-refractivity contribution >= 4 is 11.2 Å². The first-order valence-electron chi connectivity index (χ1n) is 9.12. The topological polar surface area (TPSA) is 46.0 Å².